The van der Waals surface area contributed by atoms with Gasteiger partial charge in [-0.3, -0.25) is 0 Å². The van der Waals surface area contributed by atoms with Gasteiger partial charge in [-0.1, -0.05) is 60.2 Å². The summed E-state index contributed by atoms with van der Waals surface area (Å²) in [6, 6.07) is 19.2. The third-order valence-corrected chi connectivity index (χ3v) is 3.62. The fourth-order valence-corrected chi connectivity index (χ4v) is 2.31. The SMILES string of the molecule is Cc1ccc(C(N)CCN(C)Cc2ccccc2)cc1. The van der Waals surface area contributed by atoms with Crippen LogP contribution in [0.4, 0.5) is 0 Å². The zero-order chi connectivity index (χ0) is 14.4. The number of aryl methyl sites for hydroxylation is 1. The summed E-state index contributed by atoms with van der Waals surface area (Å²) in [5, 5.41) is 0. The quantitative estimate of drug-likeness (QED) is 0.868. The summed E-state index contributed by atoms with van der Waals surface area (Å²) in [5.74, 6) is 0. The Hall–Kier alpha value is -1.64. The van der Waals surface area contributed by atoms with Gasteiger partial charge in [0.05, 0.1) is 0 Å². The van der Waals surface area contributed by atoms with E-state index in [-0.39, 0.29) is 6.04 Å². The van der Waals surface area contributed by atoms with Crippen molar-refractivity contribution in [1.82, 2.24) is 4.90 Å². The van der Waals surface area contributed by atoms with Gasteiger partial charge >= 0.3 is 0 Å². The van der Waals surface area contributed by atoms with Gasteiger partial charge in [-0.15, -0.1) is 0 Å². The van der Waals surface area contributed by atoms with Crippen LogP contribution in [0.25, 0.3) is 0 Å². The second-order valence-electron chi connectivity index (χ2n) is 5.53. The van der Waals surface area contributed by atoms with Crippen molar-refractivity contribution in [3.8, 4) is 0 Å². The van der Waals surface area contributed by atoms with E-state index in [1.54, 1.807) is 0 Å². The summed E-state index contributed by atoms with van der Waals surface area (Å²) in [5.41, 5.74) is 10.1. The first-order valence-electron chi connectivity index (χ1n) is 7.20. The van der Waals surface area contributed by atoms with Crippen molar-refractivity contribution in [2.24, 2.45) is 5.73 Å². The van der Waals surface area contributed by atoms with Gasteiger partial charge in [-0.25, -0.2) is 0 Å². The third-order valence-electron chi connectivity index (χ3n) is 3.62. The van der Waals surface area contributed by atoms with Crippen LogP contribution in [0, 0.1) is 6.92 Å². The molecule has 2 N–H and O–H groups in total. The summed E-state index contributed by atoms with van der Waals surface area (Å²) in [6.45, 7) is 4.08. The van der Waals surface area contributed by atoms with E-state index in [9.17, 15) is 0 Å². The number of hydrogen-bond donors (Lipinski definition) is 1. The molecule has 2 aromatic rings. The van der Waals surface area contributed by atoms with Gasteiger partial charge in [0.2, 0.25) is 0 Å². The molecule has 20 heavy (non-hydrogen) atoms. The van der Waals surface area contributed by atoms with E-state index in [0.29, 0.717) is 0 Å². The number of benzene rings is 2. The molecule has 0 saturated carbocycles. The first-order valence-corrected chi connectivity index (χ1v) is 7.20. The maximum absolute atomic E-state index is 6.26. The molecule has 2 heteroatoms. The number of rotatable bonds is 6. The molecule has 1 unspecified atom stereocenters. The van der Waals surface area contributed by atoms with E-state index in [0.717, 1.165) is 19.5 Å². The fourth-order valence-electron chi connectivity index (χ4n) is 2.31. The van der Waals surface area contributed by atoms with Crippen molar-refractivity contribution < 1.29 is 0 Å². The summed E-state index contributed by atoms with van der Waals surface area (Å²) in [4.78, 5) is 2.32. The molecule has 0 aliphatic carbocycles. The molecule has 0 saturated heterocycles. The standard InChI is InChI=1S/C18H24N2/c1-15-8-10-17(11-9-15)18(19)12-13-20(2)14-16-6-4-3-5-7-16/h3-11,18H,12-14,19H2,1-2H3. The highest BCUT2D eigenvalue weighted by molar-refractivity contribution is 5.23. The predicted molar refractivity (Wildman–Crippen MR) is 85.5 cm³/mol. The lowest BCUT2D eigenvalue weighted by Gasteiger charge is -2.19. The smallest absolute Gasteiger partial charge is 0.0307 e. The number of nitrogens with two attached hydrogens (primary N) is 1. The van der Waals surface area contributed by atoms with Crippen molar-refractivity contribution in [2.45, 2.75) is 25.9 Å². The molecule has 0 heterocycles. The van der Waals surface area contributed by atoms with Crippen LogP contribution in [-0.2, 0) is 6.54 Å². The minimum Gasteiger partial charge on any atom is -0.324 e. The molecule has 0 spiro atoms. The Labute approximate surface area is 122 Å². The van der Waals surface area contributed by atoms with Gasteiger partial charge in [0.15, 0.2) is 0 Å². The molecule has 2 aromatic carbocycles. The predicted octanol–water partition coefficient (Wildman–Crippen LogP) is 3.52. The number of nitrogens with zero attached hydrogens (tertiary/aromatic N) is 1. The lowest BCUT2D eigenvalue weighted by Crippen LogP contribution is -2.23. The molecule has 0 amide bonds. The van der Waals surface area contributed by atoms with Crippen molar-refractivity contribution in [2.75, 3.05) is 13.6 Å². The Morgan fingerprint density at radius 3 is 2.30 bits per heavy atom. The van der Waals surface area contributed by atoms with Crippen LogP contribution in [0.3, 0.4) is 0 Å². The van der Waals surface area contributed by atoms with Crippen LogP contribution >= 0.6 is 0 Å². The van der Waals surface area contributed by atoms with Gasteiger partial charge in [-0.05, 0) is 38.1 Å². The molecular weight excluding hydrogens is 244 g/mol. The Balaban J connectivity index is 1.81. The molecular formula is C18H24N2. The van der Waals surface area contributed by atoms with E-state index in [1.807, 2.05) is 0 Å². The molecule has 0 bridgehead atoms. The van der Waals surface area contributed by atoms with Crippen LogP contribution in [0.2, 0.25) is 0 Å². The van der Waals surface area contributed by atoms with Gasteiger partial charge in [0.25, 0.3) is 0 Å². The van der Waals surface area contributed by atoms with E-state index in [4.69, 9.17) is 5.73 Å². The summed E-state index contributed by atoms with van der Waals surface area (Å²) < 4.78 is 0. The van der Waals surface area contributed by atoms with Gasteiger partial charge in [0, 0.05) is 12.6 Å². The zero-order valence-corrected chi connectivity index (χ0v) is 12.4. The Bertz CT molecular complexity index is 505. The zero-order valence-electron chi connectivity index (χ0n) is 12.4. The fraction of sp³-hybridized carbons (Fsp3) is 0.333. The van der Waals surface area contributed by atoms with Crippen LogP contribution in [0.5, 0.6) is 0 Å². The summed E-state index contributed by atoms with van der Waals surface area (Å²) in [7, 11) is 2.15. The largest absolute Gasteiger partial charge is 0.324 e. The molecule has 0 fully saturated rings. The Morgan fingerprint density at radius 1 is 1.00 bits per heavy atom. The van der Waals surface area contributed by atoms with Crippen molar-refractivity contribution in [1.29, 1.82) is 0 Å². The topological polar surface area (TPSA) is 29.3 Å². The van der Waals surface area contributed by atoms with E-state index < -0.39 is 0 Å². The molecule has 2 rings (SSSR count). The highest BCUT2D eigenvalue weighted by Crippen LogP contribution is 2.15. The molecule has 0 aliphatic rings. The van der Waals surface area contributed by atoms with Crippen molar-refractivity contribution in [3.05, 3.63) is 71.3 Å². The molecule has 1 atom stereocenters. The minimum atomic E-state index is 0.119. The Kier molecular flexibility index (Phi) is 5.33. The first-order chi connectivity index (χ1) is 9.65. The second kappa shape index (κ2) is 7.22. The molecule has 0 aromatic heterocycles. The molecule has 0 radical (unpaired) electrons. The van der Waals surface area contributed by atoms with Gasteiger partial charge in [0.1, 0.15) is 0 Å². The average Bonchev–Trinajstić information content (AvgIpc) is 2.46. The van der Waals surface area contributed by atoms with E-state index >= 15 is 0 Å². The summed E-state index contributed by atoms with van der Waals surface area (Å²) >= 11 is 0. The highest BCUT2D eigenvalue weighted by Gasteiger charge is 2.07. The van der Waals surface area contributed by atoms with Crippen LogP contribution in [-0.4, -0.2) is 18.5 Å². The van der Waals surface area contributed by atoms with E-state index in [1.165, 1.54) is 16.7 Å². The average molecular weight is 268 g/mol. The first kappa shape index (κ1) is 14.8. The monoisotopic (exact) mass is 268 g/mol. The van der Waals surface area contributed by atoms with E-state index in [2.05, 4.69) is 73.5 Å². The summed E-state index contributed by atoms with van der Waals surface area (Å²) in [6.07, 6.45) is 0.979. The highest BCUT2D eigenvalue weighted by atomic mass is 15.1. The Morgan fingerprint density at radius 2 is 1.65 bits per heavy atom. The van der Waals surface area contributed by atoms with Crippen molar-refractivity contribution >= 4 is 0 Å². The normalized spacial score (nSPS) is 12.6. The van der Waals surface area contributed by atoms with Crippen molar-refractivity contribution in [3.63, 3.8) is 0 Å². The number of hydrogen-bond acceptors (Lipinski definition) is 2. The maximum atomic E-state index is 6.26. The van der Waals surface area contributed by atoms with Crippen LogP contribution in [0.15, 0.2) is 54.6 Å². The second-order valence-corrected chi connectivity index (χ2v) is 5.53. The van der Waals surface area contributed by atoms with Gasteiger partial charge in [-0.2, -0.15) is 0 Å². The van der Waals surface area contributed by atoms with Gasteiger partial charge < -0.3 is 10.6 Å². The maximum Gasteiger partial charge on any atom is 0.0307 e. The lowest BCUT2D eigenvalue weighted by molar-refractivity contribution is 0.311. The lowest BCUT2D eigenvalue weighted by atomic mass is 10.0. The molecule has 2 nitrogen and oxygen atoms in total. The molecule has 0 aliphatic heterocycles. The third kappa shape index (κ3) is 4.48. The van der Waals surface area contributed by atoms with Crippen LogP contribution in [0.1, 0.15) is 29.2 Å². The van der Waals surface area contributed by atoms with Crippen LogP contribution < -0.4 is 5.73 Å². The minimum absolute atomic E-state index is 0.119. The molecule has 106 valence electrons.